The van der Waals surface area contributed by atoms with Gasteiger partial charge in [-0.05, 0) is 25.5 Å². The van der Waals surface area contributed by atoms with Crippen molar-refractivity contribution >= 4 is 17.1 Å². The highest BCUT2D eigenvalue weighted by molar-refractivity contribution is 5.68. The van der Waals surface area contributed by atoms with Gasteiger partial charge in [-0.1, -0.05) is 0 Å². The minimum atomic E-state index is -0.352. The van der Waals surface area contributed by atoms with E-state index in [1.165, 1.54) is 6.07 Å². The zero-order valence-corrected chi connectivity index (χ0v) is 12.8. The first-order valence-electron chi connectivity index (χ1n) is 7.68. The third kappa shape index (κ3) is 2.86. The second-order valence-electron chi connectivity index (χ2n) is 6.06. The van der Waals surface area contributed by atoms with Crippen LogP contribution in [0.2, 0.25) is 0 Å². The fourth-order valence-corrected chi connectivity index (χ4v) is 3.41. The van der Waals surface area contributed by atoms with Crippen molar-refractivity contribution < 1.29 is 9.66 Å². The summed E-state index contributed by atoms with van der Waals surface area (Å²) in [5.41, 5.74) is 6.86. The van der Waals surface area contributed by atoms with Crippen molar-refractivity contribution in [2.75, 3.05) is 43.5 Å². The van der Waals surface area contributed by atoms with Crippen LogP contribution >= 0.6 is 0 Å². The number of nitrogens with two attached hydrogens (primary N) is 1. The zero-order chi connectivity index (χ0) is 15.7. The number of hydrogen-bond donors (Lipinski definition) is 1. The molecule has 1 unspecified atom stereocenters. The van der Waals surface area contributed by atoms with E-state index in [-0.39, 0.29) is 16.7 Å². The summed E-state index contributed by atoms with van der Waals surface area (Å²) >= 11 is 0. The number of rotatable bonds is 3. The van der Waals surface area contributed by atoms with Gasteiger partial charge in [-0.3, -0.25) is 15.0 Å². The normalized spacial score (nSPS) is 26.3. The van der Waals surface area contributed by atoms with Gasteiger partial charge in [0.15, 0.2) is 0 Å². The number of anilines is 2. The Morgan fingerprint density at radius 1 is 1.41 bits per heavy atom. The van der Waals surface area contributed by atoms with Crippen LogP contribution in [0.15, 0.2) is 18.2 Å². The molecule has 120 valence electrons. The van der Waals surface area contributed by atoms with Crippen molar-refractivity contribution in [3.63, 3.8) is 0 Å². The number of nitro benzene ring substituents is 1. The zero-order valence-electron chi connectivity index (χ0n) is 12.8. The molecule has 2 aliphatic rings. The highest BCUT2D eigenvalue weighted by atomic mass is 16.6. The van der Waals surface area contributed by atoms with Gasteiger partial charge in [0, 0.05) is 50.1 Å². The number of ether oxygens (including phenoxy) is 1. The number of benzene rings is 1. The summed E-state index contributed by atoms with van der Waals surface area (Å²) in [5, 5.41) is 11.3. The Morgan fingerprint density at radius 3 is 2.86 bits per heavy atom. The minimum Gasteiger partial charge on any atom is -0.399 e. The fourth-order valence-electron chi connectivity index (χ4n) is 3.41. The standard InChI is InChI=1S/C15H22N4O3/c1-11-9-17(13-4-7-22-10-13)5-6-18(11)14-3-2-12(16)8-15(14)19(20)21/h2-3,8,11,13H,4-7,9-10,16H2,1H3/t11-,13?/m0/s1. The molecule has 0 saturated carbocycles. The fraction of sp³-hybridized carbons (Fsp3) is 0.600. The lowest BCUT2D eigenvalue weighted by molar-refractivity contribution is -0.384. The predicted octanol–water partition coefficient (Wildman–Crippen LogP) is 1.48. The first-order chi connectivity index (χ1) is 10.6. The van der Waals surface area contributed by atoms with Crippen LogP contribution in [0.3, 0.4) is 0 Å². The molecule has 0 radical (unpaired) electrons. The first kappa shape index (κ1) is 15.1. The Morgan fingerprint density at radius 2 is 2.23 bits per heavy atom. The third-order valence-corrected chi connectivity index (χ3v) is 4.59. The Balaban J connectivity index is 1.77. The van der Waals surface area contributed by atoms with Gasteiger partial charge < -0.3 is 15.4 Å². The van der Waals surface area contributed by atoms with Gasteiger partial charge in [-0.2, -0.15) is 0 Å². The highest BCUT2D eigenvalue weighted by Gasteiger charge is 2.32. The molecule has 2 N–H and O–H groups in total. The largest absolute Gasteiger partial charge is 0.399 e. The lowest BCUT2D eigenvalue weighted by atomic mass is 10.1. The molecule has 0 aromatic heterocycles. The quantitative estimate of drug-likeness (QED) is 0.517. The monoisotopic (exact) mass is 306 g/mol. The van der Waals surface area contributed by atoms with E-state index in [9.17, 15) is 10.1 Å². The molecule has 2 fully saturated rings. The Kier molecular flexibility index (Phi) is 4.17. The van der Waals surface area contributed by atoms with Crippen LogP contribution in [0, 0.1) is 10.1 Å². The molecule has 7 heteroatoms. The topological polar surface area (TPSA) is 84.9 Å². The van der Waals surface area contributed by atoms with E-state index in [4.69, 9.17) is 10.5 Å². The van der Waals surface area contributed by atoms with Gasteiger partial charge in [0.05, 0.1) is 11.5 Å². The Bertz CT molecular complexity index is 560. The number of hydrogen-bond acceptors (Lipinski definition) is 6. The van der Waals surface area contributed by atoms with E-state index < -0.39 is 0 Å². The molecule has 2 aliphatic heterocycles. The van der Waals surface area contributed by atoms with Crippen LogP contribution in [0.25, 0.3) is 0 Å². The first-order valence-corrected chi connectivity index (χ1v) is 7.68. The van der Waals surface area contributed by atoms with Crippen molar-refractivity contribution in [2.24, 2.45) is 0 Å². The minimum absolute atomic E-state index is 0.0875. The Hall–Kier alpha value is -1.86. The predicted molar refractivity (Wildman–Crippen MR) is 85.1 cm³/mol. The van der Waals surface area contributed by atoms with Crippen molar-refractivity contribution in [3.8, 4) is 0 Å². The summed E-state index contributed by atoms with van der Waals surface area (Å²) in [5.74, 6) is 0. The molecule has 2 heterocycles. The molecular formula is C15H22N4O3. The molecule has 2 saturated heterocycles. The molecule has 0 aliphatic carbocycles. The van der Waals surface area contributed by atoms with Crippen LogP contribution in [0.5, 0.6) is 0 Å². The lowest BCUT2D eigenvalue weighted by Gasteiger charge is -2.43. The average molecular weight is 306 g/mol. The molecule has 22 heavy (non-hydrogen) atoms. The molecule has 1 aromatic carbocycles. The lowest BCUT2D eigenvalue weighted by Crippen LogP contribution is -2.55. The van der Waals surface area contributed by atoms with Crippen molar-refractivity contribution in [3.05, 3.63) is 28.3 Å². The maximum absolute atomic E-state index is 11.3. The summed E-state index contributed by atoms with van der Waals surface area (Å²) in [4.78, 5) is 15.5. The summed E-state index contributed by atoms with van der Waals surface area (Å²) in [6.07, 6.45) is 1.08. The van der Waals surface area contributed by atoms with Crippen molar-refractivity contribution in [1.82, 2.24) is 4.90 Å². The number of piperazine rings is 1. The molecule has 0 spiro atoms. The molecule has 3 rings (SSSR count). The maximum atomic E-state index is 11.3. The van der Waals surface area contributed by atoms with Crippen LogP contribution in [0.1, 0.15) is 13.3 Å². The van der Waals surface area contributed by atoms with E-state index in [2.05, 4.69) is 16.7 Å². The van der Waals surface area contributed by atoms with Gasteiger partial charge in [0.1, 0.15) is 5.69 Å². The average Bonchev–Trinajstić information content (AvgIpc) is 3.01. The number of nitrogen functional groups attached to an aromatic ring is 1. The molecule has 0 bridgehead atoms. The van der Waals surface area contributed by atoms with Crippen LogP contribution in [-0.2, 0) is 4.74 Å². The smallest absolute Gasteiger partial charge is 0.294 e. The van der Waals surface area contributed by atoms with E-state index in [1.54, 1.807) is 12.1 Å². The van der Waals surface area contributed by atoms with Crippen LogP contribution in [-0.4, -0.2) is 54.8 Å². The summed E-state index contributed by atoms with van der Waals surface area (Å²) in [6, 6.07) is 5.65. The van der Waals surface area contributed by atoms with Gasteiger partial charge >= 0.3 is 0 Å². The molecule has 1 aromatic rings. The maximum Gasteiger partial charge on any atom is 0.294 e. The van der Waals surface area contributed by atoms with Gasteiger partial charge in [-0.25, -0.2) is 0 Å². The van der Waals surface area contributed by atoms with Gasteiger partial charge in [0.2, 0.25) is 0 Å². The van der Waals surface area contributed by atoms with Crippen LogP contribution < -0.4 is 10.6 Å². The van der Waals surface area contributed by atoms with Gasteiger partial charge in [0.25, 0.3) is 5.69 Å². The third-order valence-electron chi connectivity index (χ3n) is 4.59. The number of nitro groups is 1. The van der Waals surface area contributed by atoms with Crippen molar-refractivity contribution in [1.29, 1.82) is 0 Å². The van der Waals surface area contributed by atoms with Crippen LogP contribution in [0.4, 0.5) is 17.1 Å². The van der Waals surface area contributed by atoms with E-state index >= 15 is 0 Å². The van der Waals surface area contributed by atoms with Crippen molar-refractivity contribution in [2.45, 2.75) is 25.4 Å². The summed E-state index contributed by atoms with van der Waals surface area (Å²) in [7, 11) is 0. The number of nitrogens with zero attached hydrogens (tertiary/aromatic N) is 3. The van der Waals surface area contributed by atoms with E-state index in [0.717, 1.165) is 39.3 Å². The second kappa shape index (κ2) is 6.10. The Labute approximate surface area is 129 Å². The summed E-state index contributed by atoms with van der Waals surface area (Å²) < 4.78 is 5.46. The van der Waals surface area contributed by atoms with E-state index in [0.29, 0.717) is 17.4 Å². The second-order valence-corrected chi connectivity index (χ2v) is 6.06. The molecule has 0 amide bonds. The molecule has 2 atom stereocenters. The molecular weight excluding hydrogens is 284 g/mol. The van der Waals surface area contributed by atoms with Gasteiger partial charge in [-0.15, -0.1) is 0 Å². The molecule has 7 nitrogen and oxygen atoms in total. The van der Waals surface area contributed by atoms with E-state index in [1.807, 2.05) is 0 Å². The highest BCUT2D eigenvalue weighted by Crippen LogP contribution is 2.33. The SMILES string of the molecule is C[C@H]1CN(C2CCOC2)CCN1c1ccc(N)cc1[N+](=O)[O-]. The summed E-state index contributed by atoms with van der Waals surface area (Å²) in [6.45, 7) is 6.33.